The van der Waals surface area contributed by atoms with E-state index < -0.39 is 91.6 Å². The van der Waals surface area contributed by atoms with Crippen LogP contribution in [0.3, 0.4) is 0 Å². The minimum Gasteiger partial charge on any atom is -0.471 e. The number of methoxy groups -OCH3 is 1. The second-order valence-electron chi connectivity index (χ2n) is 9.22. The van der Waals surface area contributed by atoms with Crippen LogP contribution in [0.15, 0.2) is 24.5 Å². The maximum atomic E-state index is 12.5. The Morgan fingerprint density at radius 1 is 0.878 bits per heavy atom. The summed E-state index contributed by atoms with van der Waals surface area (Å²) in [6.07, 6.45) is -6.54. The monoisotopic (exact) mass is 586 g/mol. The van der Waals surface area contributed by atoms with Gasteiger partial charge in [-0.25, -0.2) is 4.79 Å². The fraction of sp³-hybridized carbons (Fsp3) is 0.654. The van der Waals surface area contributed by atoms with Crippen LogP contribution < -0.4 is 0 Å². The van der Waals surface area contributed by atoms with Crippen LogP contribution in [0.4, 0.5) is 0 Å². The summed E-state index contributed by atoms with van der Waals surface area (Å²) in [4.78, 5) is 60.2. The maximum Gasteiger partial charge on any atom is 0.337 e. The van der Waals surface area contributed by atoms with E-state index in [2.05, 4.69) is 6.58 Å². The van der Waals surface area contributed by atoms with Gasteiger partial charge in [0.1, 0.15) is 12.7 Å². The molecule has 0 amide bonds. The molecule has 2 fully saturated rings. The third-order valence-electron chi connectivity index (χ3n) is 6.27. The summed E-state index contributed by atoms with van der Waals surface area (Å²) < 4.78 is 55.4. The first-order valence-electron chi connectivity index (χ1n) is 12.7. The molecule has 2 saturated heterocycles. The highest BCUT2D eigenvalue weighted by atomic mass is 16.8. The average molecular weight is 587 g/mol. The van der Waals surface area contributed by atoms with Gasteiger partial charge >= 0.3 is 29.8 Å². The van der Waals surface area contributed by atoms with E-state index in [0.29, 0.717) is 0 Å². The van der Waals surface area contributed by atoms with E-state index in [-0.39, 0.29) is 18.8 Å². The van der Waals surface area contributed by atoms with Crippen LogP contribution in [-0.4, -0.2) is 100 Å². The molecule has 41 heavy (non-hydrogen) atoms. The fourth-order valence-electron chi connectivity index (χ4n) is 4.71. The quantitative estimate of drug-likeness (QED) is 0.194. The van der Waals surface area contributed by atoms with Crippen molar-refractivity contribution in [2.24, 2.45) is 11.8 Å². The molecule has 0 N–H and O–H groups in total. The van der Waals surface area contributed by atoms with E-state index in [4.69, 9.17) is 47.4 Å². The first-order valence-corrected chi connectivity index (χ1v) is 12.7. The molecule has 3 heterocycles. The Hall–Kier alpha value is -3.53. The number of hydrogen-bond donors (Lipinski definition) is 0. The molecule has 15 nitrogen and oxygen atoms in total. The molecule has 0 aromatic rings. The highest BCUT2D eigenvalue weighted by molar-refractivity contribution is 5.89. The summed E-state index contributed by atoms with van der Waals surface area (Å²) >= 11 is 0. The van der Waals surface area contributed by atoms with E-state index in [1.165, 1.54) is 13.2 Å². The van der Waals surface area contributed by atoms with Crippen molar-refractivity contribution < 1.29 is 71.3 Å². The van der Waals surface area contributed by atoms with Gasteiger partial charge in [0.05, 0.1) is 44.0 Å². The average Bonchev–Trinajstić information content (AvgIpc) is 3.44. The molecule has 8 atom stereocenters. The van der Waals surface area contributed by atoms with E-state index in [0.717, 1.165) is 34.0 Å². The van der Waals surface area contributed by atoms with Gasteiger partial charge in [-0.1, -0.05) is 6.08 Å². The smallest absolute Gasteiger partial charge is 0.337 e. The van der Waals surface area contributed by atoms with Crippen LogP contribution in [0.25, 0.3) is 0 Å². The fourth-order valence-corrected chi connectivity index (χ4v) is 4.71. The molecule has 0 aromatic heterocycles. The zero-order valence-corrected chi connectivity index (χ0v) is 23.3. The lowest BCUT2D eigenvalue weighted by Crippen LogP contribution is -2.63. The van der Waals surface area contributed by atoms with Gasteiger partial charge in [0.25, 0.3) is 0 Å². The number of ether oxygens (including phenoxy) is 10. The maximum absolute atomic E-state index is 12.5. The van der Waals surface area contributed by atoms with Gasteiger partial charge in [-0.2, -0.15) is 0 Å². The lowest BCUT2D eigenvalue weighted by molar-refractivity contribution is -0.343. The Morgan fingerprint density at radius 2 is 1.46 bits per heavy atom. The van der Waals surface area contributed by atoms with Crippen molar-refractivity contribution in [1.82, 2.24) is 0 Å². The topological polar surface area (TPSA) is 178 Å². The predicted molar refractivity (Wildman–Crippen MR) is 131 cm³/mol. The highest BCUT2D eigenvalue weighted by Gasteiger charge is 2.55. The summed E-state index contributed by atoms with van der Waals surface area (Å²) in [5, 5.41) is 0. The zero-order valence-electron chi connectivity index (χ0n) is 23.3. The second-order valence-corrected chi connectivity index (χ2v) is 9.22. The van der Waals surface area contributed by atoms with E-state index in [1.807, 2.05) is 0 Å². The number of carbonyl (C=O) groups is 5. The highest BCUT2D eigenvalue weighted by Crippen LogP contribution is 2.40. The van der Waals surface area contributed by atoms with Crippen LogP contribution in [0.2, 0.25) is 0 Å². The Bertz CT molecular complexity index is 1030. The Morgan fingerprint density at radius 3 is 2.00 bits per heavy atom. The molecule has 0 bridgehead atoms. The first kappa shape index (κ1) is 32.0. The Kier molecular flexibility index (Phi) is 11.2. The van der Waals surface area contributed by atoms with E-state index >= 15 is 0 Å². The molecule has 15 heteroatoms. The van der Waals surface area contributed by atoms with Gasteiger partial charge < -0.3 is 47.4 Å². The second kappa shape index (κ2) is 14.4. The molecule has 228 valence electrons. The third kappa shape index (κ3) is 8.03. The van der Waals surface area contributed by atoms with Crippen LogP contribution in [0, 0.1) is 11.8 Å². The molecule has 0 saturated carbocycles. The van der Waals surface area contributed by atoms with Crippen molar-refractivity contribution >= 4 is 29.8 Å². The first-order chi connectivity index (χ1) is 19.5. The van der Waals surface area contributed by atoms with Crippen LogP contribution >= 0.6 is 0 Å². The van der Waals surface area contributed by atoms with Crippen molar-refractivity contribution in [3.05, 3.63) is 24.5 Å². The van der Waals surface area contributed by atoms with E-state index in [9.17, 15) is 24.0 Å². The zero-order chi connectivity index (χ0) is 30.3. The predicted octanol–water partition coefficient (Wildman–Crippen LogP) is 0.291. The van der Waals surface area contributed by atoms with Crippen molar-refractivity contribution in [3.63, 3.8) is 0 Å². The molecule has 0 spiro atoms. The van der Waals surface area contributed by atoms with Crippen molar-refractivity contribution in [2.75, 3.05) is 26.9 Å². The number of hydrogen-bond acceptors (Lipinski definition) is 15. The summed E-state index contributed by atoms with van der Waals surface area (Å²) in [5.41, 5.74) is 0.102. The summed E-state index contributed by atoms with van der Waals surface area (Å²) in [6.45, 7) is 8.44. The molecule has 3 aliphatic heterocycles. The lowest BCUT2D eigenvalue weighted by Gasteiger charge is -2.46. The van der Waals surface area contributed by atoms with Gasteiger partial charge in [0.2, 0.25) is 12.6 Å². The molecule has 0 aromatic carbocycles. The third-order valence-corrected chi connectivity index (χ3v) is 6.27. The summed E-state index contributed by atoms with van der Waals surface area (Å²) in [5.74, 6) is -5.31. The summed E-state index contributed by atoms with van der Waals surface area (Å²) in [6, 6.07) is 0. The Labute approximate surface area is 235 Å². The molecular formula is C26H34O15. The van der Waals surface area contributed by atoms with Gasteiger partial charge in [0.15, 0.2) is 24.6 Å². The molecule has 3 rings (SSSR count). The molecule has 0 unspecified atom stereocenters. The molecular weight excluding hydrogens is 552 g/mol. The summed E-state index contributed by atoms with van der Waals surface area (Å²) in [7, 11) is 1.21. The molecule has 0 radical (unpaired) electrons. The Balaban J connectivity index is 2.00. The largest absolute Gasteiger partial charge is 0.471 e. The number of rotatable bonds is 10. The minimum atomic E-state index is -1.53. The van der Waals surface area contributed by atoms with Crippen molar-refractivity contribution in [1.29, 1.82) is 0 Å². The van der Waals surface area contributed by atoms with Crippen LogP contribution in [-0.2, 0) is 71.3 Å². The van der Waals surface area contributed by atoms with Crippen LogP contribution in [0.5, 0.6) is 0 Å². The van der Waals surface area contributed by atoms with Gasteiger partial charge in [-0.05, 0) is 0 Å². The lowest BCUT2D eigenvalue weighted by atomic mass is 9.83. The number of carbonyl (C=O) groups excluding carboxylic acids is 5. The van der Waals surface area contributed by atoms with Gasteiger partial charge in [-0.3, -0.25) is 19.2 Å². The SMILES string of the molecule is C=C[C@H]1[C@H](O[C@H]2O[C@H](COC(C)=O)[C@H](OC(C)=O)[C@@H](OC(C)=O)[C@@H]2OC(C)=O)OC=C(C(=O)OC)[C@@H]1C1OCCO1. The van der Waals surface area contributed by atoms with Crippen molar-refractivity contribution in [2.45, 2.75) is 71.0 Å². The van der Waals surface area contributed by atoms with E-state index in [1.54, 1.807) is 0 Å². The van der Waals surface area contributed by atoms with Crippen molar-refractivity contribution in [3.8, 4) is 0 Å². The van der Waals surface area contributed by atoms with Crippen LogP contribution in [0.1, 0.15) is 27.7 Å². The molecule has 3 aliphatic rings. The molecule has 0 aliphatic carbocycles. The standard InChI is InChI=1S/C26H34O15/c1-7-16-19(25-33-8-9-34-25)17(23(31)32-6)10-36-24(16)41-26-22(39-15(5)30)21(38-14(4)29)20(37-13(3)28)18(40-26)11-35-12(2)27/h7,10,16,18-22,24-26H,1,8-9,11H2,2-6H3/t16-,18-,19-,20+,21-,22+,24+,26-/m1/s1. The normalized spacial score (nSPS) is 31.6. The minimum absolute atomic E-state index is 0.102. The number of esters is 5. The van der Waals surface area contributed by atoms with Gasteiger partial charge in [-0.15, -0.1) is 6.58 Å². The van der Waals surface area contributed by atoms with Gasteiger partial charge in [0, 0.05) is 27.7 Å².